The molecular weight excluding hydrogens is 330 g/mol. The van der Waals surface area contributed by atoms with E-state index in [9.17, 15) is 9.59 Å². The molecule has 1 atom stereocenters. The first-order valence-corrected chi connectivity index (χ1v) is 8.62. The number of rotatable bonds is 8. The average Bonchev–Trinajstić information content (AvgIpc) is 3.11. The number of aliphatic carboxylic acids is 1. The number of aromatic nitrogens is 2. The Balaban J connectivity index is 1.75. The summed E-state index contributed by atoms with van der Waals surface area (Å²) < 4.78 is 0. The third kappa shape index (κ3) is 4.47. The number of hydrogen-bond acceptors (Lipinski definition) is 3. The number of nitrogens with zero attached hydrogens (tertiary/aromatic N) is 1. The number of carbonyl (C=O) groups is 2. The summed E-state index contributed by atoms with van der Waals surface area (Å²) in [5.74, 6) is -0.922. The number of aromatic amines is 1. The number of carboxylic acids is 1. The van der Waals surface area contributed by atoms with E-state index in [0.29, 0.717) is 19.3 Å². The first-order valence-electron chi connectivity index (χ1n) is 8.62. The number of imidazole rings is 1. The second-order valence-electron chi connectivity index (χ2n) is 6.19. The number of H-pyrrole nitrogens is 1. The van der Waals surface area contributed by atoms with Crippen LogP contribution in [0.5, 0.6) is 0 Å². The van der Waals surface area contributed by atoms with Crippen LogP contribution in [0.3, 0.4) is 0 Å². The lowest BCUT2D eigenvalue weighted by atomic mass is 9.98. The molecule has 3 N–H and O–H groups in total. The highest BCUT2D eigenvalue weighted by atomic mass is 16.4. The molecule has 2 aromatic carbocycles. The van der Waals surface area contributed by atoms with Gasteiger partial charge < -0.3 is 15.4 Å². The lowest BCUT2D eigenvalue weighted by molar-refractivity contribution is -0.137. The number of amides is 1. The first-order chi connectivity index (χ1) is 12.6. The number of benzene rings is 2. The molecule has 3 aromatic rings. The fourth-order valence-electron chi connectivity index (χ4n) is 2.93. The van der Waals surface area contributed by atoms with Crippen LogP contribution in [0.2, 0.25) is 0 Å². The van der Waals surface area contributed by atoms with Crippen molar-refractivity contribution in [1.82, 2.24) is 15.3 Å². The predicted octanol–water partition coefficient (Wildman–Crippen LogP) is 3.41. The van der Waals surface area contributed by atoms with Gasteiger partial charge in [-0.2, -0.15) is 0 Å². The molecule has 0 fully saturated rings. The predicted molar refractivity (Wildman–Crippen MR) is 98.6 cm³/mol. The molecule has 0 saturated heterocycles. The minimum Gasteiger partial charge on any atom is -0.481 e. The van der Waals surface area contributed by atoms with Gasteiger partial charge in [-0.05, 0) is 36.1 Å². The van der Waals surface area contributed by atoms with E-state index in [2.05, 4.69) is 15.3 Å². The van der Waals surface area contributed by atoms with Gasteiger partial charge in [0.15, 0.2) is 0 Å². The van der Waals surface area contributed by atoms with Crippen molar-refractivity contribution < 1.29 is 14.7 Å². The summed E-state index contributed by atoms with van der Waals surface area (Å²) in [4.78, 5) is 30.3. The number of unbranched alkanes of at least 4 members (excludes halogenated alkanes) is 1. The van der Waals surface area contributed by atoms with Gasteiger partial charge in [0.25, 0.3) is 0 Å². The molecule has 6 nitrogen and oxygen atoms in total. The standard InChI is InChI=1S/C20H21N3O3/c24-18(8-4-5-9-19(25)26)23-20(14-6-2-1-3-7-14)15-10-11-16-17(12-15)22-13-21-16/h1-3,6-7,10-13,20H,4-5,8-9H2,(H,21,22)(H,23,24)(H,25,26). The van der Waals surface area contributed by atoms with E-state index in [1.54, 1.807) is 6.33 Å². The van der Waals surface area contributed by atoms with Crippen molar-refractivity contribution in [2.75, 3.05) is 0 Å². The van der Waals surface area contributed by atoms with E-state index in [4.69, 9.17) is 5.11 Å². The SMILES string of the molecule is O=C(O)CCCCC(=O)NC(c1ccccc1)c1ccc2nc[nH]c2c1. The lowest BCUT2D eigenvalue weighted by Crippen LogP contribution is -2.29. The summed E-state index contributed by atoms with van der Waals surface area (Å²) in [6, 6.07) is 15.4. The minimum absolute atomic E-state index is 0.0889. The molecule has 6 heteroatoms. The molecule has 134 valence electrons. The summed E-state index contributed by atoms with van der Waals surface area (Å²) >= 11 is 0. The van der Waals surface area contributed by atoms with Crippen LogP contribution >= 0.6 is 0 Å². The highest BCUT2D eigenvalue weighted by Gasteiger charge is 2.17. The van der Waals surface area contributed by atoms with Crippen LogP contribution in [-0.4, -0.2) is 27.0 Å². The van der Waals surface area contributed by atoms with Gasteiger partial charge in [-0.25, -0.2) is 4.98 Å². The molecule has 26 heavy (non-hydrogen) atoms. The third-order valence-electron chi connectivity index (χ3n) is 4.26. The minimum atomic E-state index is -0.833. The maximum atomic E-state index is 12.4. The molecule has 0 radical (unpaired) electrons. The quantitative estimate of drug-likeness (QED) is 0.542. The largest absolute Gasteiger partial charge is 0.481 e. The van der Waals surface area contributed by atoms with E-state index in [-0.39, 0.29) is 18.4 Å². The lowest BCUT2D eigenvalue weighted by Gasteiger charge is -2.20. The average molecular weight is 351 g/mol. The van der Waals surface area contributed by atoms with Crippen molar-refractivity contribution in [2.45, 2.75) is 31.7 Å². The maximum Gasteiger partial charge on any atom is 0.303 e. The molecule has 0 aliphatic heterocycles. The number of nitrogens with one attached hydrogen (secondary N) is 2. The van der Waals surface area contributed by atoms with Crippen molar-refractivity contribution in [3.05, 3.63) is 66.0 Å². The van der Waals surface area contributed by atoms with Gasteiger partial charge in [0.1, 0.15) is 0 Å². The summed E-state index contributed by atoms with van der Waals surface area (Å²) in [6.07, 6.45) is 3.10. The zero-order valence-electron chi connectivity index (χ0n) is 14.3. The first kappa shape index (κ1) is 17.7. The summed E-state index contributed by atoms with van der Waals surface area (Å²) in [5.41, 5.74) is 3.75. The monoisotopic (exact) mass is 351 g/mol. The molecule has 0 aliphatic rings. The molecule has 1 heterocycles. The molecule has 0 bridgehead atoms. The van der Waals surface area contributed by atoms with Crippen molar-refractivity contribution >= 4 is 22.9 Å². The Morgan fingerprint density at radius 3 is 2.58 bits per heavy atom. The van der Waals surface area contributed by atoms with Gasteiger partial charge in [-0.3, -0.25) is 9.59 Å². The van der Waals surface area contributed by atoms with E-state index in [1.165, 1.54) is 0 Å². The normalized spacial score (nSPS) is 12.0. The van der Waals surface area contributed by atoms with Crippen LogP contribution in [0.1, 0.15) is 42.9 Å². The van der Waals surface area contributed by atoms with Crippen LogP contribution in [0, 0.1) is 0 Å². The highest BCUT2D eigenvalue weighted by Crippen LogP contribution is 2.24. The highest BCUT2D eigenvalue weighted by molar-refractivity contribution is 5.78. The van der Waals surface area contributed by atoms with Gasteiger partial charge in [-0.15, -0.1) is 0 Å². The van der Waals surface area contributed by atoms with E-state index in [1.807, 2.05) is 48.5 Å². The van der Waals surface area contributed by atoms with Gasteiger partial charge >= 0.3 is 5.97 Å². The molecule has 1 aromatic heterocycles. The van der Waals surface area contributed by atoms with Crippen molar-refractivity contribution in [1.29, 1.82) is 0 Å². The fourth-order valence-corrected chi connectivity index (χ4v) is 2.93. The van der Waals surface area contributed by atoms with Crippen LogP contribution in [-0.2, 0) is 9.59 Å². The molecule has 0 saturated carbocycles. The van der Waals surface area contributed by atoms with Gasteiger partial charge in [-0.1, -0.05) is 36.4 Å². The van der Waals surface area contributed by atoms with E-state index < -0.39 is 5.97 Å². The van der Waals surface area contributed by atoms with Crippen molar-refractivity contribution in [2.24, 2.45) is 0 Å². The summed E-state index contributed by atoms with van der Waals surface area (Å²) in [6.45, 7) is 0. The second-order valence-corrected chi connectivity index (χ2v) is 6.19. The maximum absolute atomic E-state index is 12.4. The van der Waals surface area contributed by atoms with Crippen LogP contribution in [0.4, 0.5) is 0 Å². The van der Waals surface area contributed by atoms with Crippen LogP contribution in [0.15, 0.2) is 54.9 Å². The Kier molecular flexibility index (Phi) is 5.63. The number of hydrogen-bond donors (Lipinski definition) is 3. The number of carboxylic acid groups (broad SMARTS) is 1. The van der Waals surface area contributed by atoms with Crippen LogP contribution < -0.4 is 5.32 Å². The fraction of sp³-hybridized carbons (Fsp3) is 0.250. The Bertz CT molecular complexity index is 889. The molecular formula is C20H21N3O3. The van der Waals surface area contributed by atoms with E-state index in [0.717, 1.165) is 22.2 Å². The van der Waals surface area contributed by atoms with Crippen LogP contribution in [0.25, 0.3) is 11.0 Å². The zero-order chi connectivity index (χ0) is 18.4. The zero-order valence-corrected chi connectivity index (χ0v) is 14.3. The van der Waals surface area contributed by atoms with Crippen molar-refractivity contribution in [3.8, 4) is 0 Å². The molecule has 0 spiro atoms. The van der Waals surface area contributed by atoms with Gasteiger partial charge in [0, 0.05) is 12.8 Å². The Morgan fingerprint density at radius 1 is 1.04 bits per heavy atom. The summed E-state index contributed by atoms with van der Waals surface area (Å²) in [7, 11) is 0. The molecule has 3 rings (SSSR count). The van der Waals surface area contributed by atoms with Crippen molar-refractivity contribution in [3.63, 3.8) is 0 Å². The number of carbonyl (C=O) groups excluding carboxylic acids is 1. The van der Waals surface area contributed by atoms with Gasteiger partial charge in [0.05, 0.1) is 23.4 Å². The Labute approximate surface area is 151 Å². The molecule has 1 amide bonds. The Hall–Kier alpha value is -3.15. The summed E-state index contributed by atoms with van der Waals surface area (Å²) in [5, 5.41) is 11.8. The molecule has 0 aliphatic carbocycles. The number of fused-ring (bicyclic) bond motifs is 1. The van der Waals surface area contributed by atoms with Gasteiger partial charge in [0.2, 0.25) is 5.91 Å². The second kappa shape index (κ2) is 8.29. The Morgan fingerprint density at radius 2 is 1.81 bits per heavy atom. The topological polar surface area (TPSA) is 95.1 Å². The van der Waals surface area contributed by atoms with E-state index >= 15 is 0 Å². The molecule has 1 unspecified atom stereocenters. The third-order valence-corrected chi connectivity index (χ3v) is 4.26. The smallest absolute Gasteiger partial charge is 0.303 e.